The molecule has 0 bridgehead atoms. The number of hydrogen-bond acceptors (Lipinski definition) is 4. The molecule has 0 aliphatic rings. The quantitative estimate of drug-likeness (QED) is 0.885. The predicted octanol–water partition coefficient (Wildman–Crippen LogP) is 2.93. The molecule has 0 fully saturated rings. The largest absolute Gasteiger partial charge is 0.391 e. The van der Waals surface area contributed by atoms with Gasteiger partial charge in [0.1, 0.15) is 4.21 Å². The fourth-order valence-electron chi connectivity index (χ4n) is 1.77. The minimum atomic E-state index is -3.61. The number of aliphatic hydroxyl groups excluding tert-OH is 1. The van der Waals surface area contributed by atoms with E-state index in [9.17, 15) is 8.42 Å². The summed E-state index contributed by atoms with van der Waals surface area (Å²) in [6.45, 7) is 1.57. The summed E-state index contributed by atoms with van der Waals surface area (Å²) in [5.74, 6) is 0. The van der Waals surface area contributed by atoms with Crippen molar-refractivity contribution < 1.29 is 13.5 Å². The summed E-state index contributed by atoms with van der Waals surface area (Å²) in [5, 5.41) is 9.51. The van der Waals surface area contributed by atoms with Crippen LogP contribution in [0.5, 0.6) is 0 Å². The van der Waals surface area contributed by atoms with Crippen molar-refractivity contribution in [2.24, 2.45) is 0 Å². The molecular formula is C13H14ClNO3S2. The second-order valence-corrected chi connectivity index (χ2v) is 7.76. The third kappa shape index (κ3) is 3.39. The first kappa shape index (κ1) is 15.5. The standard InChI is InChI=1S/C13H14ClNO3S2/c1-9(11-4-2-3-5-12(11)14)15-20(17,18)13-7-6-10(8-16)19-13/h2-7,9,15-16H,8H2,1H3. The Labute approximate surface area is 127 Å². The van der Waals surface area contributed by atoms with Crippen LogP contribution in [0.2, 0.25) is 5.02 Å². The molecule has 108 valence electrons. The lowest BCUT2D eigenvalue weighted by Crippen LogP contribution is -2.26. The molecule has 0 saturated heterocycles. The molecule has 1 aromatic carbocycles. The van der Waals surface area contributed by atoms with Crippen molar-refractivity contribution in [1.29, 1.82) is 0 Å². The molecule has 20 heavy (non-hydrogen) atoms. The molecule has 1 aromatic heterocycles. The molecule has 0 aliphatic heterocycles. The summed E-state index contributed by atoms with van der Waals surface area (Å²) in [6, 6.07) is 9.74. The molecule has 0 saturated carbocycles. The summed E-state index contributed by atoms with van der Waals surface area (Å²) in [6.07, 6.45) is 0. The van der Waals surface area contributed by atoms with Crippen molar-refractivity contribution >= 4 is 33.0 Å². The number of sulfonamides is 1. The Kier molecular flexibility index (Phi) is 4.82. The molecule has 0 radical (unpaired) electrons. The van der Waals surface area contributed by atoms with E-state index < -0.39 is 16.1 Å². The lowest BCUT2D eigenvalue weighted by molar-refractivity contribution is 0.285. The summed E-state index contributed by atoms with van der Waals surface area (Å²) >= 11 is 7.10. The molecule has 0 aliphatic carbocycles. The van der Waals surface area contributed by atoms with Gasteiger partial charge in [-0.05, 0) is 30.7 Å². The number of halogens is 1. The van der Waals surface area contributed by atoms with Crippen molar-refractivity contribution in [3.8, 4) is 0 Å². The normalized spacial score (nSPS) is 13.3. The fraction of sp³-hybridized carbons (Fsp3) is 0.231. The summed E-state index contributed by atoms with van der Waals surface area (Å²) in [5.41, 5.74) is 0.719. The van der Waals surface area contributed by atoms with Crippen LogP contribution in [-0.2, 0) is 16.6 Å². The smallest absolute Gasteiger partial charge is 0.250 e. The topological polar surface area (TPSA) is 66.4 Å². The van der Waals surface area contributed by atoms with Crippen LogP contribution in [0.1, 0.15) is 23.4 Å². The van der Waals surface area contributed by atoms with E-state index in [1.165, 1.54) is 6.07 Å². The van der Waals surface area contributed by atoms with E-state index in [4.69, 9.17) is 16.7 Å². The molecule has 1 atom stereocenters. The lowest BCUT2D eigenvalue weighted by atomic mass is 10.1. The van der Waals surface area contributed by atoms with Gasteiger partial charge in [0.15, 0.2) is 0 Å². The third-order valence-electron chi connectivity index (χ3n) is 2.76. The van der Waals surface area contributed by atoms with E-state index in [-0.39, 0.29) is 10.8 Å². The Morgan fingerprint density at radius 1 is 1.30 bits per heavy atom. The van der Waals surface area contributed by atoms with E-state index in [1.807, 2.05) is 0 Å². The number of nitrogens with one attached hydrogen (secondary N) is 1. The van der Waals surface area contributed by atoms with Gasteiger partial charge < -0.3 is 5.11 Å². The number of hydrogen-bond donors (Lipinski definition) is 2. The molecule has 0 amide bonds. The van der Waals surface area contributed by atoms with E-state index in [0.29, 0.717) is 9.90 Å². The number of thiophene rings is 1. The van der Waals surface area contributed by atoms with E-state index >= 15 is 0 Å². The molecule has 1 unspecified atom stereocenters. The van der Waals surface area contributed by atoms with Gasteiger partial charge in [0, 0.05) is 15.9 Å². The Hall–Kier alpha value is -0.920. The summed E-state index contributed by atoms with van der Waals surface area (Å²) < 4.78 is 27.2. The van der Waals surface area contributed by atoms with Crippen molar-refractivity contribution in [3.05, 3.63) is 51.9 Å². The Morgan fingerprint density at radius 2 is 2.00 bits per heavy atom. The van der Waals surface area contributed by atoms with Gasteiger partial charge in [0.2, 0.25) is 0 Å². The number of benzene rings is 1. The van der Waals surface area contributed by atoms with Crippen LogP contribution >= 0.6 is 22.9 Å². The van der Waals surface area contributed by atoms with Crippen molar-refractivity contribution in [2.75, 3.05) is 0 Å². The summed E-state index contributed by atoms with van der Waals surface area (Å²) in [4.78, 5) is 0.607. The molecule has 4 nitrogen and oxygen atoms in total. The predicted molar refractivity (Wildman–Crippen MR) is 80.4 cm³/mol. The number of aliphatic hydroxyl groups is 1. The highest BCUT2D eigenvalue weighted by molar-refractivity contribution is 7.91. The van der Waals surface area contributed by atoms with Gasteiger partial charge >= 0.3 is 0 Å². The molecule has 2 N–H and O–H groups in total. The molecule has 2 rings (SSSR count). The summed E-state index contributed by atoms with van der Waals surface area (Å²) in [7, 11) is -3.61. The van der Waals surface area contributed by atoms with Crippen LogP contribution in [0.3, 0.4) is 0 Å². The highest BCUT2D eigenvalue weighted by Gasteiger charge is 2.21. The lowest BCUT2D eigenvalue weighted by Gasteiger charge is -2.15. The van der Waals surface area contributed by atoms with Gasteiger partial charge in [0.05, 0.1) is 6.61 Å². The second-order valence-electron chi connectivity index (χ2n) is 4.24. The van der Waals surface area contributed by atoms with Crippen LogP contribution in [-0.4, -0.2) is 13.5 Å². The Balaban J connectivity index is 2.22. The minimum Gasteiger partial charge on any atom is -0.391 e. The minimum absolute atomic E-state index is 0.166. The van der Waals surface area contributed by atoms with Crippen molar-refractivity contribution in [1.82, 2.24) is 4.72 Å². The van der Waals surface area contributed by atoms with E-state index in [2.05, 4.69) is 4.72 Å². The molecule has 0 spiro atoms. The average molecular weight is 332 g/mol. The fourth-order valence-corrected chi connectivity index (χ4v) is 4.52. The Bertz CT molecular complexity index is 697. The van der Waals surface area contributed by atoms with Crippen LogP contribution in [0.25, 0.3) is 0 Å². The van der Waals surface area contributed by atoms with Gasteiger partial charge in [-0.15, -0.1) is 11.3 Å². The maximum Gasteiger partial charge on any atom is 0.250 e. The van der Waals surface area contributed by atoms with Crippen LogP contribution in [0.4, 0.5) is 0 Å². The monoisotopic (exact) mass is 331 g/mol. The maximum atomic E-state index is 12.2. The van der Waals surface area contributed by atoms with Gasteiger partial charge in [-0.1, -0.05) is 29.8 Å². The first-order valence-corrected chi connectivity index (χ1v) is 8.58. The highest BCUT2D eigenvalue weighted by Crippen LogP contribution is 2.26. The first-order chi connectivity index (χ1) is 9.44. The SMILES string of the molecule is CC(NS(=O)(=O)c1ccc(CO)s1)c1ccccc1Cl. The van der Waals surface area contributed by atoms with E-state index in [1.54, 1.807) is 37.3 Å². The second kappa shape index (κ2) is 6.24. The van der Waals surface area contributed by atoms with E-state index in [0.717, 1.165) is 16.9 Å². The highest BCUT2D eigenvalue weighted by atomic mass is 35.5. The first-order valence-electron chi connectivity index (χ1n) is 5.90. The van der Waals surface area contributed by atoms with Crippen molar-refractivity contribution in [3.63, 3.8) is 0 Å². The zero-order chi connectivity index (χ0) is 14.8. The maximum absolute atomic E-state index is 12.2. The molecular weight excluding hydrogens is 318 g/mol. The van der Waals surface area contributed by atoms with Gasteiger partial charge in [-0.3, -0.25) is 0 Å². The third-order valence-corrected chi connectivity index (χ3v) is 6.21. The van der Waals surface area contributed by atoms with Crippen LogP contribution in [0, 0.1) is 0 Å². The molecule has 2 aromatic rings. The van der Waals surface area contributed by atoms with Crippen LogP contribution in [0.15, 0.2) is 40.6 Å². The van der Waals surface area contributed by atoms with Crippen LogP contribution < -0.4 is 4.72 Å². The van der Waals surface area contributed by atoms with Gasteiger partial charge in [0.25, 0.3) is 10.0 Å². The zero-order valence-corrected chi connectivity index (χ0v) is 13.1. The average Bonchev–Trinajstić information content (AvgIpc) is 2.88. The molecule has 1 heterocycles. The zero-order valence-electron chi connectivity index (χ0n) is 10.7. The van der Waals surface area contributed by atoms with Crippen molar-refractivity contribution in [2.45, 2.75) is 23.8 Å². The van der Waals surface area contributed by atoms with Gasteiger partial charge in [-0.25, -0.2) is 13.1 Å². The molecule has 7 heteroatoms. The number of rotatable bonds is 5. The van der Waals surface area contributed by atoms with Gasteiger partial charge in [-0.2, -0.15) is 0 Å². The Morgan fingerprint density at radius 3 is 2.60 bits per heavy atom.